The Labute approximate surface area is 178 Å². The van der Waals surface area contributed by atoms with Crippen LogP contribution in [0.4, 0.5) is 0 Å². The molecule has 3 N–H and O–H groups in total. The van der Waals surface area contributed by atoms with Crippen molar-refractivity contribution in [3.63, 3.8) is 0 Å². The molecular weight excluding hydrogens is 418 g/mol. The lowest BCUT2D eigenvalue weighted by molar-refractivity contribution is -0.158. The fourth-order valence-corrected chi connectivity index (χ4v) is 3.92. The summed E-state index contributed by atoms with van der Waals surface area (Å²) >= 11 is 0. The monoisotopic (exact) mass is 453 g/mol. The van der Waals surface area contributed by atoms with E-state index in [0.717, 1.165) is 0 Å². The molecular formula is C19H35NO9S. The van der Waals surface area contributed by atoms with E-state index in [1.165, 1.54) is 20.8 Å². The maximum absolute atomic E-state index is 12.3. The molecule has 0 aliphatic heterocycles. The molecule has 176 valence electrons. The topological polar surface area (TPSA) is 156 Å². The minimum atomic E-state index is -4.05. The fourth-order valence-electron chi connectivity index (χ4n) is 2.62. The van der Waals surface area contributed by atoms with Gasteiger partial charge in [-0.25, -0.2) is 4.79 Å². The predicted octanol–water partition coefficient (Wildman–Crippen LogP) is 1.07. The Morgan fingerprint density at radius 2 is 1.73 bits per heavy atom. The standard InChI is InChI=1S/C19H35NO9S/c1-13(2)12-16(22)28-10-6-8-15(19(4,5)17(23)18(24)25)29-30(26,27)11-7-9-20-14(3)21/h13,15,17,23H,6-12H2,1-5H3,(H,20,21)(H,24,25)/t15?,17-/m0/s1. The lowest BCUT2D eigenvalue weighted by Gasteiger charge is -2.35. The zero-order valence-electron chi connectivity index (χ0n) is 18.3. The molecule has 0 saturated heterocycles. The summed E-state index contributed by atoms with van der Waals surface area (Å²) in [7, 11) is -4.05. The maximum atomic E-state index is 12.3. The van der Waals surface area contributed by atoms with Gasteiger partial charge in [-0.2, -0.15) is 8.42 Å². The van der Waals surface area contributed by atoms with Crippen molar-refractivity contribution >= 4 is 28.0 Å². The van der Waals surface area contributed by atoms with E-state index in [-0.39, 0.29) is 62.4 Å². The Morgan fingerprint density at radius 3 is 2.23 bits per heavy atom. The third-order valence-electron chi connectivity index (χ3n) is 4.42. The van der Waals surface area contributed by atoms with Crippen molar-refractivity contribution < 1.29 is 41.9 Å². The molecule has 30 heavy (non-hydrogen) atoms. The van der Waals surface area contributed by atoms with Crippen LogP contribution in [0.5, 0.6) is 0 Å². The van der Waals surface area contributed by atoms with E-state index in [1.54, 1.807) is 0 Å². The molecule has 0 rings (SSSR count). The largest absolute Gasteiger partial charge is 0.479 e. The summed E-state index contributed by atoms with van der Waals surface area (Å²) in [4.78, 5) is 33.7. The summed E-state index contributed by atoms with van der Waals surface area (Å²) in [6.45, 7) is 8.02. The minimum Gasteiger partial charge on any atom is -0.479 e. The van der Waals surface area contributed by atoms with Crippen LogP contribution in [-0.2, 0) is 33.4 Å². The summed E-state index contributed by atoms with van der Waals surface area (Å²) in [6, 6.07) is 0. The molecule has 11 heteroatoms. The van der Waals surface area contributed by atoms with Gasteiger partial charge in [0.25, 0.3) is 10.1 Å². The van der Waals surface area contributed by atoms with Gasteiger partial charge in [0.2, 0.25) is 5.91 Å². The number of carboxylic acid groups (broad SMARTS) is 1. The lowest BCUT2D eigenvalue weighted by Crippen LogP contribution is -2.47. The quantitative estimate of drug-likeness (QED) is 0.187. The second-order valence-corrected chi connectivity index (χ2v) is 9.92. The first-order valence-corrected chi connectivity index (χ1v) is 11.5. The van der Waals surface area contributed by atoms with Crippen molar-refractivity contribution in [1.82, 2.24) is 5.32 Å². The van der Waals surface area contributed by atoms with E-state index >= 15 is 0 Å². The highest BCUT2D eigenvalue weighted by Crippen LogP contribution is 2.32. The fraction of sp³-hybridized carbons (Fsp3) is 0.842. The average Bonchev–Trinajstić information content (AvgIpc) is 2.59. The molecule has 1 unspecified atom stereocenters. The highest BCUT2D eigenvalue weighted by Gasteiger charge is 2.43. The third-order valence-corrected chi connectivity index (χ3v) is 5.74. The molecule has 0 heterocycles. The molecule has 1 amide bonds. The van der Waals surface area contributed by atoms with Crippen molar-refractivity contribution in [2.24, 2.45) is 11.3 Å². The Morgan fingerprint density at radius 1 is 1.13 bits per heavy atom. The van der Waals surface area contributed by atoms with Crippen LogP contribution in [0.15, 0.2) is 0 Å². The van der Waals surface area contributed by atoms with E-state index in [4.69, 9.17) is 14.0 Å². The Kier molecular flexibility index (Phi) is 12.1. The van der Waals surface area contributed by atoms with Crippen LogP contribution in [0, 0.1) is 11.3 Å². The maximum Gasteiger partial charge on any atom is 0.333 e. The second kappa shape index (κ2) is 12.9. The molecule has 0 aromatic rings. The molecule has 0 aromatic heterocycles. The van der Waals surface area contributed by atoms with E-state index in [9.17, 15) is 27.9 Å². The Bertz CT molecular complexity index is 673. The van der Waals surface area contributed by atoms with Gasteiger partial charge in [0.1, 0.15) is 0 Å². The van der Waals surface area contributed by atoms with Gasteiger partial charge < -0.3 is 20.3 Å². The normalized spacial score (nSPS) is 14.2. The van der Waals surface area contributed by atoms with Crippen LogP contribution in [0.3, 0.4) is 0 Å². The van der Waals surface area contributed by atoms with Crippen LogP contribution in [0.2, 0.25) is 0 Å². The smallest absolute Gasteiger partial charge is 0.333 e. The number of esters is 1. The van der Waals surface area contributed by atoms with Crippen molar-refractivity contribution in [1.29, 1.82) is 0 Å². The van der Waals surface area contributed by atoms with Crippen LogP contribution < -0.4 is 5.32 Å². The molecule has 0 bridgehead atoms. The van der Waals surface area contributed by atoms with Gasteiger partial charge in [-0.05, 0) is 25.2 Å². The lowest BCUT2D eigenvalue weighted by atomic mass is 9.79. The molecule has 0 saturated carbocycles. The van der Waals surface area contributed by atoms with Gasteiger partial charge in [-0.15, -0.1) is 0 Å². The van der Waals surface area contributed by atoms with E-state index in [0.29, 0.717) is 0 Å². The van der Waals surface area contributed by atoms with E-state index in [1.807, 2.05) is 13.8 Å². The summed E-state index contributed by atoms with van der Waals surface area (Å²) in [5.74, 6) is -2.41. The molecule has 2 atom stereocenters. The van der Waals surface area contributed by atoms with Gasteiger partial charge >= 0.3 is 11.9 Å². The number of carbonyl (C=O) groups is 3. The van der Waals surface area contributed by atoms with Crippen LogP contribution in [0.25, 0.3) is 0 Å². The number of aliphatic hydroxyl groups is 1. The SMILES string of the molecule is CC(=O)NCCCS(=O)(=O)OC(CCCOC(=O)CC(C)C)C(C)(C)[C@@H](O)C(=O)O. The van der Waals surface area contributed by atoms with Crippen LogP contribution in [0.1, 0.15) is 60.3 Å². The average molecular weight is 454 g/mol. The molecule has 0 fully saturated rings. The first kappa shape index (κ1) is 28.3. The van der Waals surface area contributed by atoms with Crippen molar-refractivity contribution in [3.05, 3.63) is 0 Å². The van der Waals surface area contributed by atoms with Crippen molar-refractivity contribution in [2.75, 3.05) is 18.9 Å². The first-order chi connectivity index (χ1) is 13.7. The van der Waals surface area contributed by atoms with Gasteiger partial charge in [-0.1, -0.05) is 27.7 Å². The Balaban J connectivity index is 5.05. The van der Waals surface area contributed by atoms with Crippen molar-refractivity contribution in [2.45, 2.75) is 72.5 Å². The highest BCUT2D eigenvalue weighted by atomic mass is 32.2. The van der Waals surface area contributed by atoms with Crippen LogP contribution >= 0.6 is 0 Å². The number of nitrogens with one attached hydrogen (secondary N) is 1. The number of carboxylic acids is 1. The zero-order valence-corrected chi connectivity index (χ0v) is 19.2. The summed E-state index contributed by atoms with van der Waals surface area (Å²) < 4.78 is 35.0. The number of aliphatic hydroxyl groups excluding tert-OH is 1. The summed E-state index contributed by atoms with van der Waals surface area (Å²) in [6.07, 6.45) is -2.36. The molecule has 0 spiro atoms. The molecule has 0 radical (unpaired) electrons. The van der Waals surface area contributed by atoms with E-state index < -0.39 is 33.7 Å². The third kappa shape index (κ3) is 11.5. The molecule has 0 aliphatic carbocycles. The van der Waals surface area contributed by atoms with Crippen molar-refractivity contribution in [3.8, 4) is 0 Å². The van der Waals surface area contributed by atoms with E-state index in [2.05, 4.69) is 5.32 Å². The minimum absolute atomic E-state index is 0.0211. The Hall–Kier alpha value is -1.72. The second-order valence-electron chi connectivity index (χ2n) is 8.21. The number of ether oxygens (including phenoxy) is 1. The number of hydrogen-bond donors (Lipinski definition) is 3. The molecule has 10 nitrogen and oxygen atoms in total. The van der Waals surface area contributed by atoms with Crippen LogP contribution in [-0.4, -0.2) is 67.6 Å². The zero-order chi connectivity index (χ0) is 23.5. The number of aliphatic carboxylic acids is 1. The summed E-state index contributed by atoms with van der Waals surface area (Å²) in [5.41, 5.74) is -1.43. The first-order valence-electron chi connectivity index (χ1n) is 9.91. The van der Waals surface area contributed by atoms with Gasteiger partial charge in [0.05, 0.1) is 18.5 Å². The molecule has 0 aromatic carbocycles. The summed E-state index contributed by atoms with van der Waals surface area (Å²) in [5, 5.41) is 21.7. The molecule has 0 aliphatic rings. The predicted molar refractivity (Wildman–Crippen MR) is 109 cm³/mol. The van der Waals surface area contributed by atoms with Gasteiger partial charge in [0.15, 0.2) is 6.10 Å². The van der Waals surface area contributed by atoms with Gasteiger partial charge in [0, 0.05) is 25.3 Å². The number of hydrogen-bond acceptors (Lipinski definition) is 8. The van der Waals surface area contributed by atoms with Gasteiger partial charge in [-0.3, -0.25) is 13.8 Å². The number of amides is 1. The number of rotatable bonds is 15. The highest BCUT2D eigenvalue weighted by molar-refractivity contribution is 7.86. The number of carbonyl (C=O) groups excluding carboxylic acids is 2.